The lowest BCUT2D eigenvalue weighted by molar-refractivity contribution is 0.761. The van der Waals surface area contributed by atoms with Crippen molar-refractivity contribution in [1.82, 2.24) is 15.4 Å². The van der Waals surface area contributed by atoms with Gasteiger partial charge in [-0.05, 0) is 23.8 Å². The van der Waals surface area contributed by atoms with Crippen molar-refractivity contribution < 1.29 is 0 Å². The first-order valence-corrected chi connectivity index (χ1v) is 5.89. The highest BCUT2D eigenvalue weighted by atomic mass is 15.4. The molecule has 1 aromatic heterocycles. The number of rotatable bonds is 5. The zero-order valence-corrected chi connectivity index (χ0v) is 9.95. The Bertz CT molecular complexity index is 390. The highest BCUT2D eigenvalue weighted by molar-refractivity contribution is 5.58. The smallest absolute Gasteiger partial charge is 0.159 e. The van der Waals surface area contributed by atoms with Crippen LogP contribution in [0.4, 0.5) is 11.5 Å². The van der Waals surface area contributed by atoms with E-state index in [1.165, 1.54) is 0 Å². The van der Waals surface area contributed by atoms with Crippen molar-refractivity contribution in [3.05, 3.63) is 42.6 Å². The molecule has 88 valence electrons. The third-order valence-corrected chi connectivity index (χ3v) is 2.57. The summed E-state index contributed by atoms with van der Waals surface area (Å²) in [5.74, 6) is 0.847. The van der Waals surface area contributed by atoms with Crippen LogP contribution >= 0.6 is 0 Å². The van der Waals surface area contributed by atoms with Gasteiger partial charge in [0.15, 0.2) is 5.82 Å². The molecule has 0 fully saturated rings. The first-order valence-electron chi connectivity index (χ1n) is 5.89. The van der Waals surface area contributed by atoms with Gasteiger partial charge < -0.3 is 4.90 Å². The van der Waals surface area contributed by atoms with Crippen molar-refractivity contribution in [1.29, 1.82) is 0 Å². The second-order valence-corrected chi connectivity index (χ2v) is 3.82. The molecular weight excluding hydrogens is 212 g/mol. The van der Waals surface area contributed by atoms with Crippen molar-refractivity contribution >= 4 is 11.5 Å². The SMILES string of the molecule is CCCCN(c1ccccc1)c1ccnnn1. The number of unbranched alkanes of at least 4 members (excludes halogenated alkanes) is 1. The summed E-state index contributed by atoms with van der Waals surface area (Å²) in [5, 5.41) is 11.5. The van der Waals surface area contributed by atoms with Gasteiger partial charge in [0.2, 0.25) is 0 Å². The van der Waals surface area contributed by atoms with Crippen molar-refractivity contribution in [2.24, 2.45) is 0 Å². The number of nitrogens with zero attached hydrogens (tertiary/aromatic N) is 4. The van der Waals surface area contributed by atoms with E-state index in [2.05, 4.69) is 39.4 Å². The van der Waals surface area contributed by atoms with Gasteiger partial charge >= 0.3 is 0 Å². The summed E-state index contributed by atoms with van der Waals surface area (Å²) in [5.41, 5.74) is 1.14. The Morgan fingerprint density at radius 1 is 1.12 bits per heavy atom. The van der Waals surface area contributed by atoms with Crippen molar-refractivity contribution in [3.8, 4) is 0 Å². The summed E-state index contributed by atoms with van der Waals surface area (Å²) in [6, 6.07) is 12.1. The molecule has 2 aromatic rings. The van der Waals surface area contributed by atoms with E-state index in [-0.39, 0.29) is 0 Å². The van der Waals surface area contributed by atoms with Gasteiger partial charge in [0.1, 0.15) is 0 Å². The Morgan fingerprint density at radius 2 is 1.94 bits per heavy atom. The van der Waals surface area contributed by atoms with Crippen LogP contribution in [-0.2, 0) is 0 Å². The molecule has 17 heavy (non-hydrogen) atoms. The third kappa shape index (κ3) is 3.00. The molecule has 1 aromatic carbocycles. The molecule has 0 aliphatic heterocycles. The minimum atomic E-state index is 0.847. The summed E-state index contributed by atoms with van der Waals surface area (Å²) in [6.07, 6.45) is 3.95. The molecule has 1 heterocycles. The van der Waals surface area contributed by atoms with E-state index in [0.29, 0.717) is 0 Å². The van der Waals surface area contributed by atoms with Crippen LogP contribution < -0.4 is 4.90 Å². The number of para-hydroxylation sites is 1. The highest BCUT2D eigenvalue weighted by Gasteiger charge is 2.09. The van der Waals surface area contributed by atoms with E-state index >= 15 is 0 Å². The topological polar surface area (TPSA) is 41.9 Å². The zero-order chi connectivity index (χ0) is 11.9. The van der Waals surface area contributed by atoms with E-state index in [9.17, 15) is 0 Å². The number of aromatic nitrogens is 3. The van der Waals surface area contributed by atoms with Crippen LogP contribution in [-0.4, -0.2) is 22.0 Å². The molecule has 0 radical (unpaired) electrons. The molecule has 0 atom stereocenters. The summed E-state index contributed by atoms with van der Waals surface area (Å²) in [6.45, 7) is 3.13. The van der Waals surface area contributed by atoms with Crippen LogP contribution in [0.25, 0.3) is 0 Å². The Labute approximate surface area is 101 Å². The third-order valence-electron chi connectivity index (χ3n) is 2.57. The Balaban J connectivity index is 2.26. The quantitative estimate of drug-likeness (QED) is 0.789. The van der Waals surface area contributed by atoms with Gasteiger partial charge in [-0.2, -0.15) is 0 Å². The second kappa shape index (κ2) is 5.94. The Kier molecular flexibility index (Phi) is 4.02. The van der Waals surface area contributed by atoms with Gasteiger partial charge in [0, 0.05) is 18.3 Å². The fourth-order valence-electron chi connectivity index (χ4n) is 1.68. The molecule has 0 unspecified atom stereocenters. The normalized spacial score (nSPS) is 10.2. The highest BCUT2D eigenvalue weighted by Crippen LogP contribution is 2.22. The standard InChI is InChI=1S/C13H16N4/c1-2-3-11-17(12-7-5-4-6-8-12)13-9-10-14-16-15-13/h4-10H,2-3,11H2,1H3. The average Bonchev–Trinajstić information content (AvgIpc) is 2.42. The van der Waals surface area contributed by atoms with Crippen LogP contribution in [0, 0.1) is 0 Å². The molecule has 0 bridgehead atoms. The van der Waals surface area contributed by atoms with Gasteiger partial charge in [-0.3, -0.25) is 0 Å². The van der Waals surface area contributed by atoms with Gasteiger partial charge in [0.05, 0.1) is 6.20 Å². The number of benzene rings is 1. The molecule has 2 rings (SSSR count). The molecule has 0 aliphatic carbocycles. The lowest BCUT2D eigenvalue weighted by atomic mass is 10.2. The average molecular weight is 228 g/mol. The van der Waals surface area contributed by atoms with Gasteiger partial charge in [0.25, 0.3) is 0 Å². The maximum Gasteiger partial charge on any atom is 0.159 e. The van der Waals surface area contributed by atoms with E-state index in [1.807, 2.05) is 24.3 Å². The first-order chi connectivity index (χ1) is 8.42. The lowest BCUT2D eigenvalue weighted by Crippen LogP contribution is -2.19. The zero-order valence-electron chi connectivity index (χ0n) is 9.95. The largest absolute Gasteiger partial charge is 0.325 e. The lowest BCUT2D eigenvalue weighted by Gasteiger charge is -2.22. The molecule has 0 saturated heterocycles. The van der Waals surface area contributed by atoms with Gasteiger partial charge in [-0.1, -0.05) is 31.5 Å². The summed E-state index contributed by atoms with van der Waals surface area (Å²) >= 11 is 0. The van der Waals surface area contributed by atoms with Crippen molar-refractivity contribution in [2.75, 3.05) is 11.4 Å². The first kappa shape index (κ1) is 11.5. The minimum absolute atomic E-state index is 0.847. The van der Waals surface area contributed by atoms with E-state index in [4.69, 9.17) is 0 Å². The van der Waals surface area contributed by atoms with Crippen LogP contribution in [0.2, 0.25) is 0 Å². The number of anilines is 2. The molecule has 4 heteroatoms. The van der Waals surface area contributed by atoms with Gasteiger partial charge in [-0.15, -0.1) is 10.2 Å². The van der Waals surface area contributed by atoms with Crippen LogP contribution in [0.15, 0.2) is 42.6 Å². The van der Waals surface area contributed by atoms with Crippen molar-refractivity contribution in [3.63, 3.8) is 0 Å². The second-order valence-electron chi connectivity index (χ2n) is 3.82. The number of hydrogen-bond donors (Lipinski definition) is 0. The van der Waals surface area contributed by atoms with Crippen LogP contribution in [0.1, 0.15) is 19.8 Å². The fourth-order valence-corrected chi connectivity index (χ4v) is 1.68. The predicted molar refractivity (Wildman–Crippen MR) is 68.2 cm³/mol. The fraction of sp³-hybridized carbons (Fsp3) is 0.308. The van der Waals surface area contributed by atoms with Crippen molar-refractivity contribution in [2.45, 2.75) is 19.8 Å². The summed E-state index contributed by atoms with van der Waals surface area (Å²) < 4.78 is 0. The van der Waals surface area contributed by atoms with Crippen LogP contribution in [0.3, 0.4) is 0 Å². The van der Waals surface area contributed by atoms with Crippen LogP contribution in [0.5, 0.6) is 0 Å². The molecule has 0 amide bonds. The van der Waals surface area contributed by atoms with E-state index in [0.717, 1.165) is 30.9 Å². The number of hydrogen-bond acceptors (Lipinski definition) is 4. The minimum Gasteiger partial charge on any atom is -0.325 e. The monoisotopic (exact) mass is 228 g/mol. The summed E-state index contributed by atoms with van der Waals surface area (Å²) in [4.78, 5) is 2.16. The Morgan fingerprint density at radius 3 is 2.59 bits per heavy atom. The molecule has 4 nitrogen and oxygen atoms in total. The maximum absolute atomic E-state index is 4.07. The molecule has 0 spiro atoms. The molecule has 0 saturated carbocycles. The van der Waals surface area contributed by atoms with E-state index in [1.54, 1.807) is 6.20 Å². The predicted octanol–water partition coefficient (Wildman–Crippen LogP) is 2.81. The molecule has 0 aliphatic rings. The van der Waals surface area contributed by atoms with E-state index < -0.39 is 0 Å². The maximum atomic E-state index is 4.07. The molecule has 0 N–H and O–H groups in total. The summed E-state index contributed by atoms with van der Waals surface area (Å²) in [7, 11) is 0. The van der Waals surface area contributed by atoms with Gasteiger partial charge in [-0.25, -0.2) is 0 Å². The molecular formula is C13H16N4. The Hall–Kier alpha value is -1.97.